The van der Waals surface area contributed by atoms with E-state index in [0.29, 0.717) is 17.9 Å². The zero-order valence-corrected chi connectivity index (χ0v) is 16.4. The number of benzene rings is 2. The number of unbranched alkanes of at least 4 members (excludes halogenated alkanes) is 1. The number of aromatic amines is 1. The van der Waals surface area contributed by atoms with Crippen LogP contribution in [0, 0.1) is 0 Å². The lowest BCUT2D eigenvalue weighted by atomic mass is 10.1. The third kappa shape index (κ3) is 5.65. The summed E-state index contributed by atoms with van der Waals surface area (Å²) in [6.45, 7) is 2.84. The molecule has 3 aromatic rings. The van der Waals surface area contributed by atoms with Gasteiger partial charge in [0.2, 0.25) is 5.95 Å². The second-order valence-electron chi connectivity index (χ2n) is 6.22. The first-order valence-corrected chi connectivity index (χ1v) is 9.33. The number of nitrogens with zero attached hydrogens (tertiary/aromatic N) is 3. The Balaban J connectivity index is 1.60. The van der Waals surface area contributed by atoms with Crippen LogP contribution in [0.4, 0.5) is 5.95 Å². The van der Waals surface area contributed by atoms with Crippen molar-refractivity contribution in [2.75, 3.05) is 19.1 Å². The molecule has 8 heteroatoms. The van der Waals surface area contributed by atoms with E-state index in [0.717, 1.165) is 24.2 Å². The van der Waals surface area contributed by atoms with Crippen LogP contribution in [0.2, 0.25) is 0 Å². The average molecular weight is 393 g/mol. The summed E-state index contributed by atoms with van der Waals surface area (Å²) in [5, 5.41) is 12.0. The van der Waals surface area contributed by atoms with Crippen LogP contribution in [0.15, 0.2) is 58.4 Å². The summed E-state index contributed by atoms with van der Waals surface area (Å²) < 4.78 is 10.7. The number of nitrogens with one attached hydrogen (secondary N) is 2. The van der Waals surface area contributed by atoms with E-state index in [2.05, 4.69) is 32.6 Å². The van der Waals surface area contributed by atoms with Crippen molar-refractivity contribution >= 4 is 12.2 Å². The SMILES string of the molecule is CCCCOc1ccc(/C=N/Nc2nnc(-c3ccc(OC)cc3)c(=O)[nH]2)cc1. The van der Waals surface area contributed by atoms with Crippen molar-refractivity contribution in [2.45, 2.75) is 19.8 Å². The standard InChI is InChI=1S/C21H23N5O3/c1-3-4-13-29-18-9-5-15(6-10-18)14-22-25-21-23-20(27)19(24-26-21)16-7-11-17(28-2)12-8-16/h5-12,14H,3-4,13H2,1-2H3,(H2,23,25,26,27)/b22-14+. The highest BCUT2D eigenvalue weighted by molar-refractivity contribution is 5.80. The van der Waals surface area contributed by atoms with Gasteiger partial charge in [-0.3, -0.25) is 9.78 Å². The molecule has 1 heterocycles. The Morgan fingerprint density at radius 1 is 1.07 bits per heavy atom. The molecule has 0 amide bonds. The van der Waals surface area contributed by atoms with Gasteiger partial charge in [0.25, 0.3) is 5.56 Å². The van der Waals surface area contributed by atoms with Crippen molar-refractivity contribution < 1.29 is 9.47 Å². The van der Waals surface area contributed by atoms with Crippen LogP contribution in [0.25, 0.3) is 11.3 Å². The van der Waals surface area contributed by atoms with E-state index in [1.165, 1.54) is 0 Å². The number of hydrogen-bond acceptors (Lipinski definition) is 7. The van der Waals surface area contributed by atoms with Gasteiger partial charge in [-0.2, -0.15) is 5.10 Å². The summed E-state index contributed by atoms with van der Waals surface area (Å²) in [7, 11) is 1.58. The highest BCUT2D eigenvalue weighted by atomic mass is 16.5. The Morgan fingerprint density at radius 2 is 1.79 bits per heavy atom. The lowest BCUT2D eigenvalue weighted by Crippen LogP contribution is -2.15. The third-order valence-corrected chi connectivity index (χ3v) is 4.09. The molecule has 0 bridgehead atoms. The highest BCUT2D eigenvalue weighted by Crippen LogP contribution is 2.17. The van der Waals surface area contributed by atoms with E-state index in [-0.39, 0.29) is 17.2 Å². The molecule has 0 aliphatic heterocycles. The predicted octanol–water partition coefficient (Wildman–Crippen LogP) is 3.47. The zero-order valence-electron chi connectivity index (χ0n) is 16.4. The lowest BCUT2D eigenvalue weighted by Gasteiger charge is -2.05. The fourth-order valence-electron chi connectivity index (χ4n) is 2.48. The Hall–Kier alpha value is -3.68. The molecule has 0 saturated carbocycles. The second-order valence-corrected chi connectivity index (χ2v) is 6.22. The highest BCUT2D eigenvalue weighted by Gasteiger charge is 2.07. The monoisotopic (exact) mass is 393 g/mol. The van der Waals surface area contributed by atoms with Crippen LogP contribution in [0.5, 0.6) is 11.5 Å². The van der Waals surface area contributed by atoms with Crippen LogP contribution in [-0.2, 0) is 0 Å². The maximum Gasteiger partial charge on any atom is 0.279 e. The number of ether oxygens (including phenoxy) is 2. The smallest absolute Gasteiger partial charge is 0.279 e. The predicted molar refractivity (Wildman–Crippen MR) is 113 cm³/mol. The van der Waals surface area contributed by atoms with Crippen LogP contribution in [0.3, 0.4) is 0 Å². The van der Waals surface area contributed by atoms with Crippen LogP contribution in [-0.4, -0.2) is 35.1 Å². The summed E-state index contributed by atoms with van der Waals surface area (Å²) >= 11 is 0. The minimum Gasteiger partial charge on any atom is -0.497 e. The number of anilines is 1. The molecule has 0 atom stereocenters. The van der Waals surface area contributed by atoms with Gasteiger partial charge >= 0.3 is 0 Å². The summed E-state index contributed by atoms with van der Waals surface area (Å²) in [6, 6.07) is 14.6. The van der Waals surface area contributed by atoms with Gasteiger partial charge < -0.3 is 9.47 Å². The molecular formula is C21H23N5O3. The van der Waals surface area contributed by atoms with Crippen molar-refractivity contribution in [3.63, 3.8) is 0 Å². The fourth-order valence-corrected chi connectivity index (χ4v) is 2.48. The minimum absolute atomic E-state index is 0.156. The first-order valence-electron chi connectivity index (χ1n) is 9.33. The van der Waals surface area contributed by atoms with Crippen LogP contribution >= 0.6 is 0 Å². The van der Waals surface area contributed by atoms with Gasteiger partial charge in [-0.25, -0.2) is 5.43 Å². The molecule has 0 aliphatic rings. The van der Waals surface area contributed by atoms with E-state index in [1.54, 1.807) is 37.6 Å². The molecule has 8 nitrogen and oxygen atoms in total. The molecule has 0 aliphatic carbocycles. The summed E-state index contributed by atoms with van der Waals surface area (Å²) in [4.78, 5) is 14.9. The Kier molecular flexibility index (Phi) is 6.94. The number of aromatic nitrogens is 3. The Morgan fingerprint density at radius 3 is 2.45 bits per heavy atom. The number of H-pyrrole nitrogens is 1. The number of rotatable bonds is 9. The quantitative estimate of drug-likeness (QED) is 0.328. The second kappa shape index (κ2) is 10.0. The summed E-state index contributed by atoms with van der Waals surface area (Å²) in [6.07, 6.45) is 3.75. The molecule has 1 aromatic heterocycles. The molecule has 0 fully saturated rings. The van der Waals surface area contributed by atoms with Gasteiger partial charge in [0.1, 0.15) is 11.5 Å². The van der Waals surface area contributed by atoms with Gasteiger partial charge in [-0.15, -0.1) is 10.2 Å². The first kappa shape index (κ1) is 20.1. The Bertz CT molecular complexity index is 998. The number of hydrogen-bond donors (Lipinski definition) is 2. The van der Waals surface area contributed by atoms with Crippen LogP contribution < -0.4 is 20.5 Å². The largest absolute Gasteiger partial charge is 0.497 e. The molecule has 0 unspecified atom stereocenters. The van der Waals surface area contributed by atoms with Crippen molar-refractivity contribution in [3.05, 3.63) is 64.4 Å². The molecule has 3 rings (SSSR count). The van der Waals surface area contributed by atoms with Crippen molar-refractivity contribution in [1.82, 2.24) is 15.2 Å². The van der Waals surface area contributed by atoms with Crippen molar-refractivity contribution in [1.29, 1.82) is 0 Å². The molecule has 0 saturated heterocycles. The molecule has 29 heavy (non-hydrogen) atoms. The average Bonchev–Trinajstić information content (AvgIpc) is 2.75. The lowest BCUT2D eigenvalue weighted by molar-refractivity contribution is 0.309. The van der Waals surface area contributed by atoms with E-state index in [1.807, 2.05) is 24.3 Å². The van der Waals surface area contributed by atoms with Gasteiger partial charge in [0, 0.05) is 5.56 Å². The van der Waals surface area contributed by atoms with E-state index in [4.69, 9.17) is 9.47 Å². The molecule has 0 radical (unpaired) electrons. The summed E-state index contributed by atoms with van der Waals surface area (Å²) in [5.74, 6) is 1.68. The van der Waals surface area contributed by atoms with Crippen LogP contribution in [0.1, 0.15) is 25.3 Å². The third-order valence-electron chi connectivity index (χ3n) is 4.09. The Labute approximate surface area is 168 Å². The molecule has 2 aromatic carbocycles. The van der Waals surface area contributed by atoms with Crippen molar-refractivity contribution in [3.8, 4) is 22.8 Å². The van der Waals surface area contributed by atoms with Gasteiger partial charge in [-0.05, 0) is 60.5 Å². The normalized spacial score (nSPS) is 10.8. The maximum atomic E-state index is 12.3. The van der Waals surface area contributed by atoms with Gasteiger partial charge in [0.15, 0.2) is 5.69 Å². The fraction of sp³-hybridized carbons (Fsp3) is 0.238. The van der Waals surface area contributed by atoms with E-state index in [9.17, 15) is 4.79 Å². The molecule has 2 N–H and O–H groups in total. The van der Waals surface area contributed by atoms with E-state index >= 15 is 0 Å². The van der Waals surface area contributed by atoms with Gasteiger partial charge in [-0.1, -0.05) is 13.3 Å². The maximum absolute atomic E-state index is 12.3. The first-order chi connectivity index (χ1) is 14.2. The number of methoxy groups -OCH3 is 1. The summed E-state index contributed by atoms with van der Waals surface area (Å²) in [5.41, 5.74) is 4.06. The van der Waals surface area contributed by atoms with Crippen molar-refractivity contribution in [2.24, 2.45) is 5.10 Å². The molecular weight excluding hydrogens is 370 g/mol. The topological polar surface area (TPSA) is 101 Å². The molecule has 0 spiro atoms. The zero-order chi connectivity index (χ0) is 20.5. The van der Waals surface area contributed by atoms with E-state index < -0.39 is 0 Å². The molecule has 150 valence electrons. The minimum atomic E-state index is -0.364. The number of hydrazone groups is 1. The van der Waals surface area contributed by atoms with Gasteiger partial charge in [0.05, 0.1) is 19.9 Å².